The van der Waals surface area contributed by atoms with Crippen molar-refractivity contribution in [3.63, 3.8) is 0 Å². The molecule has 2 aromatic carbocycles. The van der Waals surface area contributed by atoms with E-state index in [1.807, 2.05) is 0 Å². The third-order valence-electron chi connectivity index (χ3n) is 6.47. The first-order valence-corrected chi connectivity index (χ1v) is 11.9. The Bertz CT molecular complexity index is 1500. The maximum absolute atomic E-state index is 16.0. The fraction of sp³-hybridized carbons (Fsp3) is 0.200. The van der Waals surface area contributed by atoms with E-state index in [9.17, 15) is 22.8 Å². The average molecular weight is 525 g/mol. The Morgan fingerprint density at radius 2 is 1.14 bits per heavy atom. The zero-order chi connectivity index (χ0) is 25.5. The minimum atomic E-state index is -5.41. The van der Waals surface area contributed by atoms with Crippen LogP contribution in [0.15, 0.2) is 48.1 Å². The topological polar surface area (TPSA) is 34.1 Å². The SMILES string of the molecule is Cc1sc2cc(C=O)ccc2c1C1(c2c(C)sc3cc(C=O)ccc23)C(F)=C(F)C(F)(F)C1(F)F. The lowest BCUT2D eigenvalue weighted by Crippen LogP contribution is -2.53. The second-order valence-electron chi connectivity index (χ2n) is 8.34. The van der Waals surface area contributed by atoms with Gasteiger partial charge in [-0.25, -0.2) is 8.78 Å². The highest BCUT2D eigenvalue weighted by molar-refractivity contribution is 7.19. The molecule has 4 aromatic rings. The number of hydrogen-bond donors (Lipinski definition) is 0. The van der Waals surface area contributed by atoms with Gasteiger partial charge in [-0.3, -0.25) is 9.59 Å². The zero-order valence-corrected chi connectivity index (χ0v) is 19.7. The second kappa shape index (κ2) is 7.51. The lowest BCUT2D eigenvalue weighted by Gasteiger charge is -2.38. The van der Waals surface area contributed by atoms with Crippen molar-refractivity contribution >= 4 is 55.4 Å². The van der Waals surface area contributed by atoms with Gasteiger partial charge in [0.05, 0.1) is 0 Å². The van der Waals surface area contributed by atoms with Crippen molar-refractivity contribution in [3.05, 3.63) is 80.1 Å². The van der Waals surface area contributed by atoms with Crippen LogP contribution < -0.4 is 0 Å². The number of halogens is 6. The third-order valence-corrected chi connectivity index (χ3v) is 8.60. The number of benzene rings is 2. The Labute approximate surface area is 202 Å². The molecule has 0 N–H and O–H groups in total. The lowest BCUT2D eigenvalue weighted by atomic mass is 9.68. The maximum Gasteiger partial charge on any atom is 0.365 e. The third kappa shape index (κ3) is 2.78. The van der Waals surface area contributed by atoms with Gasteiger partial charge in [-0.15, -0.1) is 22.7 Å². The van der Waals surface area contributed by atoms with Gasteiger partial charge in [0, 0.05) is 30.3 Å². The molecule has 0 bridgehead atoms. The van der Waals surface area contributed by atoms with Crippen LogP contribution in [0.4, 0.5) is 26.3 Å². The molecule has 5 rings (SSSR count). The van der Waals surface area contributed by atoms with Crippen LogP contribution in [0.3, 0.4) is 0 Å². The number of alkyl halides is 4. The summed E-state index contributed by atoms with van der Waals surface area (Å²) in [6, 6.07) is 7.94. The van der Waals surface area contributed by atoms with E-state index < -0.39 is 40.0 Å². The minimum Gasteiger partial charge on any atom is -0.298 e. The summed E-state index contributed by atoms with van der Waals surface area (Å²) >= 11 is 1.84. The summed E-state index contributed by atoms with van der Waals surface area (Å²) in [6.45, 7) is 2.74. The van der Waals surface area contributed by atoms with Crippen molar-refractivity contribution in [2.45, 2.75) is 31.1 Å². The van der Waals surface area contributed by atoms with Gasteiger partial charge < -0.3 is 0 Å². The van der Waals surface area contributed by atoms with Crippen LogP contribution >= 0.6 is 22.7 Å². The van der Waals surface area contributed by atoms with Crippen LogP contribution in [-0.4, -0.2) is 24.4 Å². The predicted molar refractivity (Wildman–Crippen MR) is 124 cm³/mol. The highest BCUT2D eigenvalue weighted by atomic mass is 32.1. The van der Waals surface area contributed by atoms with Crippen molar-refractivity contribution in [1.29, 1.82) is 0 Å². The van der Waals surface area contributed by atoms with Crippen LogP contribution in [0.2, 0.25) is 0 Å². The van der Waals surface area contributed by atoms with E-state index >= 15 is 13.2 Å². The number of hydrogen-bond acceptors (Lipinski definition) is 4. The van der Waals surface area contributed by atoms with E-state index in [0.717, 1.165) is 22.7 Å². The first kappa shape index (κ1) is 23.7. The van der Waals surface area contributed by atoms with E-state index in [1.165, 1.54) is 50.2 Å². The normalized spacial score (nSPS) is 18.5. The monoisotopic (exact) mass is 524 g/mol. The van der Waals surface area contributed by atoms with Crippen LogP contribution in [0.25, 0.3) is 20.2 Å². The van der Waals surface area contributed by atoms with Crippen LogP contribution in [0.5, 0.6) is 0 Å². The summed E-state index contributed by atoms with van der Waals surface area (Å²) in [5.41, 5.74) is -4.01. The van der Waals surface area contributed by atoms with Crippen LogP contribution in [0.1, 0.15) is 41.6 Å². The lowest BCUT2D eigenvalue weighted by molar-refractivity contribution is -0.204. The molecular weight excluding hydrogens is 510 g/mol. The number of thiophene rings is 2. The van der Waals surface area contributed by atoms with Gasteiger partial charge in [-0.2, -0.15) is 17.6 Å². The fourth-order valence-electron chi connectivity index (χ4n) is 5.02. The first-order chi connectivity index (χ1) is 16.4. The number of aldehydes is 2. The zero-order valence-electron chi connectivity index (χ0n) is 18.0. The molecule has 0 saturated heterocycles. The number of carbonyl (C=O) groups excluding carboxylic acids is 2. The molecule has 10 heteroatoms. The number of allylic oxidation sites excluding steroid dienone is 2. The van der Waals surface area contributed by atoms with E-state index in [-0.39, 0.29) is 31.7 Å². The van der Waals surface area contributed by atoms with Gasteiger partial charge in [0.15, 0.2) is 5.83 Å². The Kier molecular flexibility index (Phi) is 5.09. The molecular formula is C25H14F6O2S2. The Morgan fingerprint density at radius 1 is 0.714 bits per heavy atom. The van der Waals surface area contributed by atoms with Crippen molar-refractivity contribution in [2.75, 3.05) is 0 Å². The highest BCUT2D eigenvalue weighted by Crippen LogP contribution is 2.68. The van der Waals surface area contributed by atoms with Crippen molar-refractivity contribution < 1.29 is 35.9 Å². The van der Waals surface area contributed by atoms with E-state index in [2.05, 4.69) is 0 Å². The molecule has 0 spiro atoms. The smallest absolute Gasteiger partial charge is 0.298 e. The molecule has 1 aliphatic carbocycles. The molecule has 0 unspecified atom stereocenters. The number of carbonyl (C=O) groups is 2. The largest absolute Gasteiger partial charge is 0.365 e. The standard InChI is InChI=1S/C25H14F6O2S2/c1-11-19(15-5-3-13(9-32)7-17(15)34-11)23(21(26)22(27)24(28,29)25(23,30)31)20-12(2)35-18-8-14(10-33)4-6-16(18)20/h3-10H,1-2H3. The quantitative estimate of drug-likeness (QED) is 0.200. The van der Waals surface area contributed by atoms with Gasteiger partial charge in [-0.05, 0) is 47.9 Å². The van der Waals surface area contributed by atoms with E-state index in [1.54, 1.807) is 0 Å². The highest BCUT2D eigenvalue weighted by Gasteiger charge is 2.81. The summed E-state index contributed by atoms with van der Waals surface area (Å²) in [5, 5.41) is 0.0309. The van der Waals surface area contributed by atoms with Crippen LogP contribution in [-0.2, 0) is 5.41 Å². The average Bonchev–Trinajstić information content (AvgIpc) is 3.36. The van der Waals surface area contributed by atoms with Crippen molar-refractivity contribution in [3.8, 4) is 0 Å². The van der Waals surface area contributed by atoms with Crippen molar-refractivity contribution in [1.82, 2.24) is 0 Å². The molecule has 2 nitrogen and oxygen atoms in total. The summed E-state index contributed by atoms with van der Waals surface area (Å²) < 4.78 is 92.9. The Balaban J connectivity index is 2.02. The molecule has 35 heavy (non-hydrogen) atoms. The number of aryl methyl sites for hydroxylation is 2. The Morgan fingerprint density at radius 3 is 1.49 bits per heavy atom. The van der Waals surface area contributed by atoms with Gasteiger partial charge in [0.1, 0.15) is 18.0 Å². The predicted octanol–water partition coefficient (Wildman–Crippen LogP) is 8.08. The molecule has 0 amide bonds. The molecule has 2 heterocycles. The van der Waals surface area contributed by atoms with Gasteiger partial charge in [0.2, 0.25) is 5.83 Å². The number of rotatable bonds is 4. The van der Waals surface area contributed by atoms with Gasteiger partial charge in [-0.1, -0.05) is 24.3 Å². The Hall–Kier alpha value is -2.98. The van der Waals surface area contributed by atoms with Crippen LogP contribution in [0, 0.1) is 13.8 Å². The van der Waals surface area contributed by atoms with Crippen molar-refractivity contribution in [2.24, 2.45) is 0 Å². The van der Waals surface area contributed by atoms with Gasteiger partial charge in [0.25, 0.3) is 0 Å². The molecule has 180 valence electrons. The van der Waals surface area contributed by atoms with E-state index in [4.69, 9.17) is 0 Å². The number of fused-ring (bicyclic) bond motifs is 2. The fourth-order valence-corrected chi connectivity index (χ4v) is 7.36. The molecule has 1 aliphatic rings. The first-order valence-electron chi connectivity index (χ1n) is 10.2. The summed E-state index contributed by atoms with van der Waals surface area (Å²) in [7, 11) is 0. The van der Waals surface area contributed by atoms with Gasteiger partial charge >= 0.3 is 11.8 Å². The molecule has 0 saturated carbocycles. The minimum absolute atomic E-state index is 0.0155. The molecule has 0 aliphatic heterocycles. The molecule has 0 atom stereocenters. The summed E-state index contributed by atoms with van der Waals surface area (Å²) in [6.07, 6.45) is 1.06. The second-order valence-corrected chi connectivity index (χ2v) is 10.9. The molecule has 0 fully saturated rings. The maximum atomic E-state index is 16.0. The molecule has 0 radical (unpaired) electrons. The van der Waals surface area contributed by atoms with E-state index in [0.29, 0.717) is 22.0 Å². The summed E-state index contributed by atoms with van der Waals surface area (Å²) in [4.78, 5) is 22.6. The molecule has 2 aromatic heterocycles. The summed E-state index contributed by atoms with van der Waals surface area (Å²) in [5.74, 6) is -15.7.